The van der Waals surface area contributed by atoms with E-state index in [4.69, 9.17) is 10.3 Å². The van der Waals surface area contributed by atoms with E-state index in [1.165, 1.54) is 0 Å². The summed E-state index contributed by atoms with van der Waals surface area (Å²) in [5, 5.41) is 17.3. The van der Waals surface area contributed by atoms with E-state index in [1.54, 1.807) is 0 Å². The molecule has 3 N–H and O–H groups in total. The maximum atomic E-state index is 8.76. The quantitative estimate of drug-likeness (QED) is 0.575. The third-order valence-electron chi connectivity index (χ3n) is 1.73. The SMILES string of the molecule is OC[C@@H](Cc1ccccc1)NO. The Kier molecular flexibility index (Phi) is 3.73. The molecule has 0 aliphatic carbocycles. The Balaban J connectivity index is 2.51. The Bertz CT molecular complexity index is 209. The van der Waals surface area contributed by atoms with Crippen LogP contribution >= 0.6 is 0 Å². The highest BCUT2D eigenvalue weighted by Crippen LogP contribution is 2.01. The molecule has 0 aliphatic heterocycles. The van der Waals surface area contributed by atoms with Gasteiger partial charge in [0.2, 0.25) is 0 Å². The van der Waals surface area contributed by atoms with Gasteiger partial charge in [-0.05, 0) is 12.0 Å². The third kappa shape index (κ3) is 2.62. The fraction of sp³-hybridized carbons (Fsp3) is 0.333. The number of nitrogens with one attached hydrogen (secondary N) is 1. The molecule has 3 nitrogen and oxygen atoms in total. The predicted molar refractivity (Wildman–Crippen MR) is 45.9 cm³/mol. The average molecular weight is 167 g/mol. The van der Waals surface area contributed by atoms with E-state index in [0.29, 0.717) is 6.42 Å². The largest absolute Gasteiger partial charge is 0.395 e. The molecule has 0 heterocycles. The molecule has 12 heavy (non-hydrogen) atoms. The van der Waals surface area contributed by atoms with Gasteiger partial charge < -0.3 is 10.3 Å². The molecule has 0 fully saturated rings. The molecular formula is C9H13NO2. The first kappa shape index (κ1) is 9.19. The maximum Gasteiger partial charge on any atom is 0.0610 e. The van der Waals surface area contributed by atoms with Crippen LogP contribution in [-0.2, 0) is 6.42 Å². The van der Waals surface area contributed by atoms with Crippen LogP contribution in [0.4, 0.5) is 0 Å². The number of hydrogen-bond acceptors (Lipinski definition) is 3. The van der Waals surface area contributed by atoms with Gasteiger partial charge in [-0.1, -0.05) is 30.3 Å². The number of benzene rings is 1. The Labute approximate surface area is 71.6 Å². The minimum atomic E-state index is -0.271. The van der Waals surface area contributed by atoms with Gasteiger partial charge in [-0.2, -0.15) is 5.48 Å². The van der Waals surface area contributed by atoms with Crippen molar-refractivity contribution in [3.8, 4) is 0 Å². The predicted octanol–water partition coefficient (Wildman–Crippen LogP) is 0.569. The van der Waals surface area contributed by atoms with Gasteiger partial charge in [-0.25, -0.2) is 0 Å². The smallest absolute Gasteiger partial charge is 0.0610 e. The van der Waals surface area contributed by atoms with Crippen LogP contribution in [0.15, 0.2) is 30.3 Å². The van der Waals surface area contributed by atoms with E-state index in [9.17, 15) is 0 Å². The second-order valence-electron chi connectivity index (χ2n) is 2.70. The molecule has 0 amide bonds. The third-order valence-corrected chi connectivity index (χ3v) is 1.73. The second-order valence-corrected chi connectivity index (χ2v) is 2.70. The molecule has 1 aromatic carbocycles. The standard InChI is InChI=1S/C9H13NO2/c11-7-9(10-12)6-8-4-2-1-3-5-8/h1-5,9-12H,6-7H2/t9-/m1/s1. The van der Waals surface area contributed by atoms with E-state index in [-0.39, 0.29) is 12.6 Å². The first-order valence-electron chi connectivity index (χ1n) is 3.91. The lowest BCUT2D eigenvalue weighted by Crippen LogP contribution is -2.31. The molecule has 0 saturated heterocycles. The highest BCUT2D eigenvalue weighted by atomic mass is 16.5. The number of aliphatic hydroxyl groups is 1. The number of hydrogen-bond donors (Lipinski definition) is 3. The first-order chi connectivity index (χ1) is 5.86. The van der Waals surface area contributed by atoms with Crippen molar-refractivity contribution in [2.75, 3.05) is 6.61 Å². The summed E-state index contributed by atoms with van der Waals surface area (Å²) < 4.78 is 0. The van der Waals surface area contributed by atoms with Gasteiger partial charge in [0, 0.05) is 0 Å². The molecule has 0 aromatic heterocycles. The van der Waals surface area contributed by atoms with Crippen molar-refractivity contribution in [3.05, 3.63) is 35.9 Å². The van der Waals surface area contributed by atoms with E-state index in [2.05, 4.69) is 5.48 Å². The first-order valence-corrected chi connectivity index (χ1v) is 3.91. The van der Waals surface area contributed by atoms with Crippen molar-refractivity contribution in [1.29, 1.82) is 0 Å². The van der Waals surface area contributed by atoms with Crippen molar-refractivity contribution >= 4 is 0 Å². The Morgan fingerprint density at radius 3 is 2.42 bits per heavy atom. The van der Waals surface area contributed by atoms with Crippen molar-refractivity contribution in [2.45, 2.75) is 12.5 Å². The van der Waals surface area contributed by atoms with Crippen LogP contribution in [0.25, 0.3) is 0 Å². The molecule has 0 saturated carbocycles. The van der Waals surface area contributed by atoms with Crippen molar-refractivity contribution in [1.82, 2.24) is 5.48 Å². The lowest BCUT2D eigenvalue weighted by molar-refractivity contribution is 0.0905. The number of aliphatic hydroxyl groups excluding tert-OH is 1. The second kappa shape index (κ2) is 4.87. The highest BCUT2D eigenvalue weighted by molar-refractivity contribution is 5.15. The van der Waals surface area contributed by atoms with Crippen LogP contribution < -0.4 is 5.48 Å². The van der Waals surface area contributed by atoms with E-state index >= 15 is 0 Å². The summed E-state index contributed by atoms with van der Waals surface area (Å²) in [6.07, 6.45) is 0.633. The zero-order valence-electron chi connectivity index (χ0n) is 6.77. The normalized spacial score (nSPS) is 12.8. The molecule has 1 rings (SSSR count). The van der Waals surface area contributed by atoms with Gasteiger partial charge in [-0.3, -0.25) is 0 Å². The summed E-state index contributed by atoms with van der Waals surface area (Å²) >= 11 is 0. The maximum absolute atomic E-state index is 8.76. The molecule has 1 atom stereocenters. The lowest BCUT2D eigenvalue weighted by atomic mass is 10.1. The minimum Gasteiger partial charge on any atom is -0.395 e. The zero-order valence-corrected chi connectivity index (χ0v) is 6.77. The topological polar surface area (TPSA) is 52.5 Å². The summed E-state index contributed by atoms with van der Waals surface area (Å²) in [6, 6.07) is 9.44. The molecule has 0 aliphatic rings. The van der Waals surface area contributed by atoms with E-state index < -0.39 is 0 Å². The molecule has 0 radical (unpaired) electrons. The van der Waals surface area contributed by atoms with Crippen molar-refractivity contribution < 1.29 is 10.3 Å². The van der Waals surface area contributed by atoms with Crippen molar-refractivity contribution in [2.24, 2.45) is 0 Å². The van der Waals surface area contributed by atoms with Crippen molar-refractivity contribution in [3.63, 3.8) is 0 Å². The van der Waals surface area contributed by atoms with Gasteiger partial charge in [0.15, 0.2) is 0 Å². The molecule has 3 heteroatoms. The summed E-state index contributed by atoms with van der Waals surface area (Å²) in [5.41, 5.74) is 3.15. The van der Waals surface area contributed by atoms with Gasteiger partial charge in [0.1, 0.15) is 0 Å². The Hall–Kier alpha value is -0.900. The summed E-state index contributed by atoms with van der Waals surface area (Å²) in [6.45, 7) is -0.0641. The molecule has 1 aromatic rings. The zero-order chi connectivity index (χ0) is 8.81. The van der Waals surface area contributed by atoms with E-state index in [1.807, 2.05) is 30.3 Å². The van der Waals surface area contributed by atoms with Crippen LogP contribution in [-0.4, -0.2) is 23.0 Å². The van der Waals surface area contributed by atoms with Crippen LogP contribution in [0.3, 0.4) is 0 Å². The summed E-state index contributed by atoms with van der Waals surface area (Å²) in [7, 11) is 0. The molecule has 0 bridgehead atoms. The fourth-order valence-electron chi connectivity index (χ4n) is 1.05. The van der Waals surface area contributed by atoms with Crippen LogP contribution in [0.5, 0.6) is 0 Å². The van der Waals surface area contributed by atoms with Crippen LogP contribution in [0, 0.1) is 0 Å². The highest BCUT2D eigenvalue weighted by Gasteiger charge is 2.05. The Morgan fingerprint density at radius 1 is 1.25 bits per heavy atom. The number of hydroxylamine groups is 1. The number of rotatable bonds is 4. The molecule has 66 valence electrons. The molecule has 0 unspecified atom stereocenters. The van der Waals surface area contributed by atoms with Crippen LogP contribution in [0.1, 0.15) is 5.56 Å². The van der Waals surface area contributed by atoms with Gasteiger partial charge in [0.25, 0.3) is 0 Å². The van der Waals surface area contributed by atoms with Gasteiger partial charge in [-0.15, -0.1) is 0 Å². The Morgan fingerprint density at radius 2 is 1.92 bits per heavy atom. The van der Waals surface area contributed by atoms with Crippen LogP contribution in [0.2, 0.25) is 0 Å². The van der Waals surface area contributed by atoms with E-state index in [0.717, 1.165) is 5.56 Å². The average Bonchev–Trinajstić information content (AvgIpc) is 2.16. The van der Waals surface area contributed by atoms with Gasteiger partial charge in [0.05, 0.1) is 12.6 Å². The summed E-state index contributed by atoms with van der Waals surface area (Å²) in [4.78, 5) is 0. The monoisotopic (exact) mass is 167 g/mol. The molecule has 0 spiro atoms. The molecular weight excluding hydrogens is 154 g/mol. The minimum absolute atomic E-state index is 0.0641. The summed E-state index contributed by atoms with van der Waals surface area (Å²) in [5.74, 6) is 0. The fourth-order valence-corrected chi connectivity index (χ4v) is 1.05. The lowest BCUT2D eigenvalue weighted by Gasteiger charge is -2.10. The van der Waals surface area contributed by atoms with Gasteiger partial charge >= 0.3 is 0 Å².